The van der Waals surface area contributed by atoms with Crippen molar-refractivity contribution in [3.8, 4) is 0 Å². The zero-order chi connectivity index (χ0) is 20.1. The molecule has 0 aliphatic carbocycles. The Hall–Kier alpha value is -3.41. The SMILES string of the molecule is CNC(=O)c1ccc(CNC(=O)CC2c3ccccc3C=CN2C(C)=O)cc1. The van der Waals surface area contributed by atoms with E-state index in [9.17, 15) is 14.4 Å². The van der Waals surface area contributed by atoms with E-state index in [1.54, 1.807) is 30.3 Å². The molecule has 144 valence electrons. The van der Waals surface area contributed by atoms with Crippen molar-refractivity contribution in [3.05, 3.63) is 77.0 Å². The largest absolute Gasteiger partial charge is 0.355 e. The molecule has 2 N–H and O–H groups in total. The number of rotatable bonds is 5. The molecule has 0 aromatic heterocycles. The van der Waals surface area contributed by atoms with E-state index < -0.39 is 0 Å². The van der Waals surface area contributed by atoms with Gasteiger partial charge in [0.05, 0.1) is 12.5 Å². The van der Waals surface area contributed by atoms with Crippen molar-refractivity contribution in [3.63, 3.8) is 0 Å². The number of amides is 3. The van der Waals surface area contributed by atoms with Gasteiger partial charge in [0.15, 0.2) is 0 Å². The molecular formula is C22H23N3O3. The van der Waals surface area contributed by atoms with Crippen LogP contribution in [0.4, 0.5) is 0 Å². The number of nitrogens with one attached hydrogen (secondary N) is 2. The van der Waals surface area contributed by atoms with Gasteiger partial charge in [0.1, 0.15) is 0 Å². The Morgan fingerprint density at radius 3 is 2.43 bits per heavy atom. The van der Waals surface area contributed by atoms with Crippen LogP contribution < -0.4 is 10.6 Å². The molecule has 1 aliphatic heterocycles. The second-order valence-corrected chi connectivity index (χ2v) is 6.64. The molecule has 3 amide bonds. The molecule has 0 spiro atoms. The molecule has 0 saturated carbocycles. The summed E-state index contributed by atoms with van der Waals surface area (Å²) >= 11 is 0. The topological polar surface area (TPSA) is 78.5 Å². The van der Waals surface area contributed by atoms with E-state index in [1.807, 2.05) is 42.5 Å². The van der Waals surface area contributed by atoms with Gasteiger partial charge in [-0.15, -0.1) is 0 Å². The van der Waals surface area contributed by atoms with Gasteiger partial charge in [-0.25, -0.2) is 0 Å². The van der Waals surface area contributed by atoms with Crippen LogP contribution in [-0.4, -0.2) is 29.7 Å². The Balaban J connectivity index is 1.65. The highest BCUT2D eigenvalue weighted by atomic mass is 16.2. The van der Waals surface area contributed by atoms with Crippen LogP contribution in [0.1, 0.15) is 46.4 Å². The van der Waals surface area contributed by atoms with Crippen LogP contribution >= 0.6 is 0 Å². The van der Waals surface area contributed by atoms with Crippen molar-refractivity contribution in [2.24, 2.45) is 0 Å². The summed E-state index contributed by atoms with van der Waals surface area (Å²) in [6.45, 7) is 1.86. The highest BCUT2D eigenvalue weighted by Gasteiger charge is 2.28. The maximum absolute atomic E-state index is 12.5. The van der Waals surface area contributed by atoms with Gasteiger partial charge in [-0.2, -0.15) is 0 Å². The quantitative estimate of drug-likeness (QED) is 0.841. The lowest BCUT2D eigenvalue weighted by Crippen LogP contribution is -2.35. The maximum atomic E-state index is 12.5. The molecule has 6 nitrogen and oxygen atoms in total. The minimum Gasteiger partial charge on any atom is -0.355 e. The van der Waals surface area contributed by atoms with Gasteiger partial charge in [-0.1, -0.05) is 36.4 Å². The number of carbonyl (C=O) groups is 3. The van der Waals surface area contributed by atoms with E-state index in [-0.39, 0.29) is 30.2 Å². The third-order valence-electron chi connectivity index (χ3n) is 4.78. The van der Waals surface area contributed by atoms with E-state index in [2.05, 4.69) is 10.6 Å². The number of hydrogen-bond acceptors (Lipinski definition) is 3. The van der Waals surface area contributed by atoms with Crippen molar-refractivity contribution in [1.29, 1.82) is 0 Å². The third kappa shape index (κ3) is 4.28. The predicted octanol–water partition coefficient (Wildman–Crippen LogP) is 2.63. The smallest absolute Gasteiger partial charge is 0.251 e. The summed E-state index contributed by atoms with van der Waals surface area (Å²) in [6.07, 6.45) is 3.80. The summed E-state index contributed by atoms with van der Waals surface area (Å²) in [5.41, 5.74) is 3.45. The lowest BCUT2D eigenvalue weighted by molar-refractivity contribution is -0.130. The van der Waals surface area contributed by atoms with E-state index >= 15 is 0 Å². The summed E-state index contributed by atoms with van der Waals surface area (Å²) in [5.74, 6) is -0.394. The molecule has 1 atom stereocenters. The van der Waals surface area contributed by atoms with E-state index in [4.69, 9.17) is 0 Å². The van der Waals surface area contributed by atoms with Crippen LogP contribution in [0.2, 0.25) is 0 Å². The maximum Gasteiger partial charge on any atom is 0.251 e. The number of fused-ring (bicyclic) bond motifs is 1. The van der Waals surface area contributed by atoms with Crippen LogP contribution in [0.5, 0.6) is 0 Å². The summed E-state index contributed by atoms with van der Waals surface area (Å²) < 4.78 is 0. The molecule has 2 aromatic carbocycles. The standard InChI is InChI=1S/C22H23N3O3/c1-15(26)25-12-11-17-5-3-4-6-19(17)20(25)13-21(27)24-14-16-7-9-18(10-8-16)22(28)23-2/h3-12,20H,13-14H2,1-2H3,(H,23,28)(H,24,27). The molecule has 0 bridgehead atoms. The van der Waals surface area contributed by atoms with Gasteiger partial charge in [-0.3, -0.25) is 14.4 Å². The van der Waals surface area contributed by atoms with E-state index in [0.29, 0.717) is 12.1 Å². The monoisotopic (exact) mass is 377 g/mol. The molecule has 1 unspecified atom stereocenters. The highest BCUT2D eigenvalue weighted by molar-refractivity contribution is 5.94. The summed E-state index contributed by atoms with van der Waals surface area (Å²) in [4.78, 5) is 37.7. The first-order valence-electron chi connectivity index (χ1n) is 9.13. The molecule has 3 rings (SSSR count). The Bertz CT molecular complexity index is 919. The minimum atomic E-state index is -0.325. The lowest BCUT2D eigenvalue weighted by atomic mass is 9.93. The minimum absolute atomic E-state index is 0.103. The fraction of sp³-hybridized carbons (Fsp3) is 0.227. The Labute approximate surface area is 164 Å². The molecule has 0 fully saturated rings. The molecule has 0 radical (unpaired) electrons. The summed E-state index contributed by atoms with van der Waals surface area (Å²) in [6, 6.07) is 14.5. The van der Waals surface area contributed by atoms with Crippen LogP contribution in [0.3, 0.4) is 0 Å². The van der Waals surface area contributed by atoms with Crippen molar-refractivity contribution in [2.75, 3.05) is 7.05 Å². The number of carbonyl (C=O) groups excluding carboxylic acids is 3. The van der Waals surface area contributed by atoms with Crippen molar-refractivity contribution >= 4 is 23.8 Å². The molecular weight excluding hydrogens is 354 g/mol. The Kier molecular flexibility index (Phi) is 5.89. The van der Waals surface area contributed by atoms with Gasteiger partial charge in [0.25, 0.3) is 5.91 Å². The Morgan fingerprint density at radius 1 is 1.04 bits per heavy atom. The molecule has 2 aromatic rings. The molecule has 1 heterocycles. The average Bonchev–Trinajstić information content (AvgIpc) is 2.72. The van der Waals surface area contributed by atoms with Crippen molar-refractivity contribution in [2.45, 2.75) is 25.9 Å². The number of hydrogen-bond donors (Lipinski definition) is 2. The fourth-order valence-corrected chi connectivity index (χ4v) is 3.28. The zero-order valence-electron chi connectivity index (χ0n) is 15.9. The zero-order valence-corrected chi connectivity index (χ0v) is 15.9. The van der Waals surface area contributed by atoms with Gasteiger partial charge in [-0.05, 0) is 34.9 Å². The van der Waals surface area contributed by atoms with Crippen LogP contribution in [0.25, 0.3) is 6.08 Å². The fourth-order valence-electron chi connectivity index (χ4n) is 3.28. The first-order valence-corrected chi connectivity index (χ1v) is 9.13. The summed E-state index contributed by atoms with van der Waals surface area (Å²) in [7, 11) is 1.58. The predicted molar refractivity (Wildman–Crippen MR) is 107 cm³/mol. The van der Waals surface area contributed by atoms with Gasteiger partial charge < -0.3 is 15.5 Å². The van der Waals surface area contributed by atoms with Gasteiger partial charge in [0.2, 0.25) is 11.8 Å². The van der Waals surface area contributed by atoms with E-state index in [1.165, 1.54) is 6.92 Å². The van der Waals surface area contributed by atoms with Crippen LogP contribution in [0, 0.1) is 0 Å². The van der Waals surface area contributed by atoms with Gasteiger partial charge in [0, 0.05) is 32.3 Å². The number of nitrogens with zero attached hydrogens (tertiary/aromatic N) is 1. The Morgan fingerprint density at radius 2 is 1.75 bits per heavy atom. The van der Waals surface area contributed by atoms with Crippen molar-refractivity contribution < 1.29 is 14.4 Å². The molecule has 28 heavy (non-hydrogen) atoms. The molecule has 0 saturated heterocycles. The average molecular weight is 377 g/mol. The van der Waals surface area contributed by atoms with E-state index in [0.717, 1.165) is 16.7 Å². The van der Waals surface area contributed by atoms with Crippen LogP contribution in [-0.2, 0) is 16.1 Å². The second-order valence-electron chi connectivity index (χ2n) is 6.64. The summed E-state index contributed by atoms with van der Waals surface area (Å²) in [5, 5.41) is 5.47. The first kappa shape index (κ1) is 19.4. The van der Waals surface area contributed by atoms with Crippen LogP contribution in [0.15, 0.2) is 54.7 Å². The molecule has 6 heteroatoms. The second kappa shape index (κ2) is 8.52. The highest BCUT2D eigenvalue weighted by Crippen LogP contribution is 2.32. The third-order valence-corrected chi connectivity index (χ3v) is 4.78. The molecule has 1 aliphatic rings. The lowest BCUT2D eigenvalue weighted by Gasteiger charge is -2.32. The van der Waals surface area contributed by atoms with Crippen molar-refractivity contribution in [1.82, 2.24) is 15.5 Å². The first-order chi connectivity index (χ1) is 13.5. The number of benzene rings is 2. The normalized spacial score (nSPS) is 14.9. The van der Waals surface area contributed by atoms with Gasteiger partial charge >= 0.3 is 0 Å².